The third-order valence-electron chi connectivity index (χ3n) is 4.57. The van der Waals surface area contributed by atoms with Crippen molar-refractivity contribution < 1.29 is 14.3 Å². The molecule has 4 rings (SSSR count). The van der Waals surface area contributed by atoms with Gasteiger partial charge in [-0.05, 0) is 17.2 Å². The van der Waals surface area contributed by atoms with Crippen molar-refractivity contribution in [2.45, 2.75) is 6.04 Å². The Labute approximate surface area is 167 Å². The molecule has 6 nitrogen and oxygen atoms in total. The second-order valence-corrected chi connectivity index (χ2v) is 6.52. The molecule has 0 saturated carbocycles. The second-order valence-electron chi connectivity index (χ2n) is 6.52. The van der Waals surface area contributed by atoms with Crippen LogP contribution in [0.15, 0.2) is 84.9 Å². The molecule has 29 heavy (non-hydrogen) atoms. The fourth-order valence-corrected chi connectivity index (χ4v) is 3.17. The molecule has 144 valence electrons. The number of aromatic nitrogens is 2. The largest absolute Gasteiger partial charge is 0.451 e. The lowest BCUT2D eigenvalue weighted by atomic mass is 9.99. The van der Waals surface area contributed by atoms with Gasteiger partial charge in [0.2, 0.25) is 0 Å². The third kappa shape index (κ3) is 4.16. The van der Waals surface area contributed by atoms with Crippen LogP contribution in [0.4, 0.5) is 0 Å². The number of para-hydroxylation sites is 1. The molecule has 0 aliphatic heterocycles. The molecule has 0 unspecified atom stereocenters. The second kappa shape index (κ2) is 8.39. The van der Waals surface area contributed by atoms with Crippen molar-refractivity contribution in [3.05, 3.63) is 102 Å². The summed E-state index contributed by atoms with van der Waals surface area (Å²) in [6.45, 7) is -0.393. The molecule has 6 heteroatoms. The number of hydrogen-bond donors (Lipinski definition) is 2. The van der Waals surface area contributed by atoms with Gasteiger partial charge >= 0.3 is 5.97 Å². The monoisotopic (exact) mass is 385 g/mol. The molecule has 1 amide bonds. The molecule has 0 spiro atoms. The van der Waals surface area contributed by atoms with Crippen LogP contribution in [0.5, 0.6) is 0 Å². The number of nitrogens with zero attached hydrogens (tertiary/aromatic N) is 1. The van der Waals surface area contributed by atoms with Gasteiger partial charge in [0.1, 0.15) is 0 Å². The van der Waals surface area contributed by atoms with Crippen molar-refractivity contribution in [2.75, 3.05) is 6.61 Å². The normalized spacial score (nSPS) is 10.8. The number of rotatable bonds is 6. The van der Waals surface area contributed by atoms with Gasteiger partial charge in [0.25, 0.3) is 5.91 Å². The summed E-state index contributed by atoms with van der Waals surface area (Å²) < 4.78 is 5.20. The minimum absolute atomic E-state index is 0.163. The summed E-state index contributed by atoms with van der Waals surface area (Å²) in [5.41, 5.74) is 2.78. The lowest BCUT2D eigenvalue weighted by Gasteiger charge is -2.19. The average molecular weight is 385 g/mol. The van der Waals surface area contributed by atoms with Gasteiger partial charge in [0.05, 0.1) is 11.6 Å². The van der Waals surface area contributed by atoms with Gasteiger partial charge in [0, 0.05) is 5.39 Å². The number of H-pyrrole nitrogens is 1. The number of amides is 1. The standard InChI is InChI=1S/C23H19N3O3/c27-20(15-29-23(28)22-18-13-7-8-14-19(18)25-26-22)24-21(16-9-3-1-4-10-16)17-11-5-2-6-12-17/h1-14,21H,15H2,(H,24,27)(H,25,26). The lowest BCUT2D eigenvalue weighted by molar-refractivity contribution is -0.124. The summed E-state index contributed by atoms with van der Waals surface area (Å²) >= 11 is 0. The summed E-state index contributed by atoms with van der Waals surface area (Å²) in [4.78, 5) is 24.9. The van der Waals surface area contributed by atoms with Crippen LogP contribution in [0, 0.1) is 0 Å². The average Bonchev–Trinajstić information content (AvgIpc) is 3.21. The number of esters is 1. The number of carbonyl (C=O) groups is 2. The van der Waals surface area contributed by atoms with Crippen LogP contribution in [0.25, 0.3) is 10.9 Å². The summed E-state index contributed by atoms with van der Waals surface area (Å²) in [5.74, 6) is -1.04. The Morgan fingerprint density at radius 1 is 0.862 bits per heavy atom. The zero-order valence-electron chi connectivity index (χ0n) is 15.5. The number of fused-ring (bicyclic) bond motifs is 1. The third-order valence-corrected chi connectivity index (χ3v) is 4.57. The van der Waals surface area contributed by atoms with E-state index in [1.165, 1.54) is 0 Å². The van der Waals surface area contributed by atoms with Crippen LogP contribution in [-0.2, 0) is 9.53 Å². The van der Waals surface area contributed by atoms with E-state index in [4.69, 9.17) is 4.74 Å². The van der Waals surface area contributed by atoms with Gasteiger partial charge in [-0.15, -0.1) is 0 Å². The Morgan fingerprint density at radius 2 is 1.45 bits per heavy atom. The van der Waals surface area contributed by atoms with E-state index >= 15 is 0 Å². The van der Waals surface area contributed by atoms with Gasteiger partial charge in [-0.1, -0.05) is 78.9 Å². The Hall–Kier alpha value is -3.93. The molecule has 0 fully saturated rings. The van der Waals surface area contributed by atoms with Crippen LogP contribution in [0.3, 0.4) is 0 Å². The van der Waals surface area contributed by atoms with Crippen LogP contribution in [-0.4, -0.2) is 28.7 Å². The molecule has 4 aromatic rings. The molecular formula is C23H19N3O3. The van der Waals surface area contributed by atoms with Gasteiger partial charge in [-0.2, -0.15) is 5.10 Å². The molecule has 1 aromatic heterocycles. The molecule has 0 bridgehead atoms. The van der Waals surface area contributed by atoms with Crippen LogP contribution >= 0.6 is 0 Å². The zero-order chi connectivity index (χ0) is 20.1. The molecule has 0 radical (unpaired) electrons. The summed E-state index contributed by atoms with van der Waals surface area (Å²) in [5, 5.41) is 10.4. The number of benzene rings is 3. The first-order valence-electron chi connectivity index (χ1n) is 9.22. The minimum Gasteiger partial charge on any atom is -0.451 e. The predicted octanol–water partition coefficient (Wildman–Crippen LogP) is 3.63. The Kier molecular flexibility index (Phi) is 5.33. The van der Waals surface area contributed by atoms with Crippen LogP contribution < -0.4 is 5.32 Å². The number of ether oxygens (including phenoxy) is 1. The highest BCUT2D eigenvalue weighted by molar-refractivity contribution is 6.02. The maximum absolute atomic E-state index is 12.5. The van der Waals surface area contributed by atoms with Crippen molar-refractivity contribution in [3.8, 4) is 0 Å². The molecule has 3 aromatic carbocycles. The highest BCUT2D eigenvalue weighted by Gasteiger charge is 2.20. The summed E-state index contributed by atoms with van der Waals surface area (Å²) in [7, 11) is 0. The smallest absolute Gasteiger partial charge is 0.359 e. The molecule has 1 heterocycles. The highest BCUT2D eigenvalue weighted by Crippen LogP contribution is 2.21. The number of nitrogens with one attached hydrogen (secondary N) is 2. The quantitative estimate of drug-likeness (QED) is 0.497. The Bertz CT molecular complexity index is 1080. The SMILES string of the molecule is O=C(COC(=O)c1n[nH]c2ccccc12)NC(c1ccccc1)c1ccccc1. The fraction of sp³-hybridized carbons (Fsp3) is 0.0870. The first-order chi connectivity index (χ1) is 14.2. The van der Waals surface area contributed by atoms with Crippen molar-refractivity contribution in [3.63, 3.8) is 0 Å². The fourth-order valence-electron chi connectivity index (χ4n) is 3.17. The Balaban J connectivity index is 1.45. The summed E-state index contributed by atoms with van der Waals surface area (Å²) in [6.07, 6.45) is 0. The zero-order valence-corrected chi connectivity index (χ0v) is 15.5. The molecule has 0 atom stereocenters. The number of hydrogen-bond acceptors (Lipinski definition) is 4. The lowest BCUT2D eigenvalue weighted by Crippen LogP contribution is -2.33. The first-order valence-corrected chi connectivity index (χ1v) is 9.22. The summed E-state index contributed by atoms with van der Waals surface area (Å²) in [6, 6.07) is 26.2. The van der Waals surface area contributed by atoms with E-state index < -0.39 is 18.5 Å². The van der Waals surface area contributed by atoms with Crippen LogP contribution in [0.1, 0.15) is 27.7 Å². The number of carbonyl (C=O) groups excluding carboxylic acids is 2. The Morgan fingerprint density at radius 3 is 2.10 bits per heavy atom. The molecule has 2 N–H and O–H groups in total. The van der Waals surface area contributed by atoms with Crippen molar-refractivity contribution in [2.24, 2.45) is 0 Å². The van der Waals surface area contributed by atoms with E-state index in [9.17, 15) is 9.59 Å². The van der Waals surface area contributed by atoms with E-state index in [0.29, 0.717) is 5.39 Å². The number of aromatic amines is 1. The van der Waals surface area contributed by atoms with E-state index in [1.54, 1.807) is 6.07 Å². The molecule has 0 saturated heterocycles. The van der Waals surface area contributed by atoms with E-state index in [-0.39, 0.29) is 11.7 Å². The van der Waals surface area contributed by atoms with Gasteiger partial charge in [-0.3, -0.25) is 9.89 Å². The molecular weight excluding hydrogens is 366 g/mol. The predicted molar refractivity (Wildman–Crippen MR) is 109 cm³/mol. The van der Waals surface area contributed by atoms with Crippen molar-refractivity contribution in [1.82, 2.24) is 15.5 Å². The van der Waals surface area contributed by atoms with E-state index in [0.717, 1.165) is 16.6 Å². The topological polar surface area (TPSA) is 84.1 Å². The maximum atomic E-state index is 12.5. The maximum Gasteiger partial charge on any atom is 0.359 e. The van der Waals surface area contributed by atoms with Gasteiger partial charge in [0.15, 0.2) is 12.3 Å². The van der Waals surface area contributed by atoms with Gasteiger partial charge < -0.3 is 10.1 Å². The highest BCUT2D eigenvalue weighted by atomic mass is 16.5. The van der Waals surface area contributed by atoms with Gasteiger partial charge in [-0.25, -0.2) is 4.79 Å². The van der Waals surface area contributed by atoms with Crippen molar-refractivity contribution in [1.29, 1.82) is 0 Å². The van der Waals surface area contributed by atoms with E-state index in [1.807, 2.05) is 78.9 Å². The molecule has 0 aliphatic rings. The van der Waals surface area contributed by atoms with Crippen molar-refractivity contribution >= 4 is 22.8 Å². The van der Waals surface area contributed by atoms with E-state index in [2.05, 4.69) is 15.5 Å². The minimum atomic E-state index is -0.645. The first kappa shape index (κ1) is 18.4. The molecule has 0 aliphatic carbocycles. The van der Waals surface area contributed by atoms with Crippen LogP contribution in [0.2, 0.25) is 0 Å².